The number of alkyl halides is 2. The maximum atomic E-state index is 9.70. The number of halogens is 2. The lowest BCUT2D eigenvalue weighted by molar-refractivity contribution is -0.0795. The van der Waals surface area contributed by atoms with Gasteiger partial charge in [0.15, 0.2) is 6.29 Å². The molecule has 1 aliphatic heterocycles. The fraction of sp³-hybridized carbons (Fsp3) is 1.00. The minimum atomic E-state index is -0.426. The van der Waals surface area contributed by atoms with Gasteiger partial charge in [0.05, 0.1) is 12.2 Å². The summed E-state index contributed by atoms with van der Waals surface area (Å²) in [5, 5.41) is 9.70. The summed E-state index contributed by atoms with van der Waals surface area (Å²) in [6.07, 6.45) is -0.174. The van der Waals surface area contributed by atoms with Crippen molar-refractivity contribution >= 4 is 45.2 Å². The van der Waals surface area contributed by atoms with E-state index in [2.05, 4.69) is 45.2 Å². The predicted octanol–water partition coefficient (Wildman–Crippen LogP) is 2.47. The first-order chi connectivity index (χ1) is 6.36. The second-order valence-electron chi connectivity index (χ2n) is 3.71. The van der Waals surface area contributed by atoms with Crippen LogP contribution in [0, 0.1) is 0 Å². The highest BCUT2D eigenvalue weighted by molar-refractivity contribution is 14.2. The summed E-state index contributed by atoms with van der Waals surface area (Å²) in [6.45, 7) is 5.94. The first kappa shape index (κ1) is 13.4. The third-order valence-electron chi connectivity index (χ3n) is 2.29. The molecule has 0 radical (unpaired) electrons. The lowest BCUT2D eigenvalue weighted by atomic mass is 10.1. The number of rotatable bonds is 3. The molecule has 0 amide bonds. The molecule has 0 aromatic heterocycles. The van der Waals surface area contributed by atoms with Crippen LogP contribution in [0.3, 0.4) is 0 Å². The van der Waals surface area contributed by atoms with Gasteiger partial charge in [-0.1, -0.05) is 52.1 Å². The molecule has 84 valence electrons. The Morgan fingerprint density at radius 1 is 1.43 bits per heavy atom. The molecule has 4 atom stereocenters. The van der Waals surface area contributed by atoms with Crippen LogP contribution in [0.25, 0.3) is 0 Å². The molecule has 4 unspecified atom stereocenters. The summed E-state index contributed by atoms with van der Waals surface area (Å²) in [5.41, 5.74) is 0. The van der Waals surface area contributed by atoms with Gasteiger partial charge in [-0.15, -0.1) is 0 Å². The summed E-state index contributed by atoms with van der Waals surface area (Å²) < 4.78 is 11.3. The monoisotopic (exact) mass is 426 g/mol. The molecule has 0 aromatic rings. The summed E-state index contributed by atoms with van der Waals surface area (Å²) in [7, 11) is 0. The van der Waals surface area contributed by atoms with Crippen LogP contribution in [-0.2, 0) is 9.47 Å². The van der Waals surface area contributed by atoms with Crippen molar-refractivity contribution in [2.24, 2.45) is 0 Å². The predicted molar refractivity (Wildman–Crippen MR) is 72.0 cm³/mol. The third-order valence-corrected chi connectivity index (χ3v) is 3.31. The van der Waals surface area contributed by atoms with E-state index in [-0.39, 0.29) is 19.9 Å². The number of aliphatic hydroxyl groups is 1. The lowest BCUT2D eigenvalue weighted by Crippen LogP contribution is -2.33. The SMILES string of the molecule is CCC(O)C1OC(C(C)(I)I)OC1C. The van der Waals surface area contributed by atoms with E-state index in [4.69, 9.17) is 9.47 Å². The zero-order valence-electron chi connectivity index (χ0n) is 8.54. The zero-order valence-corrected chi connectivity index (χ0v) is 12.9. The Bertz CT molecular complexity index is 193. The number of hydrogen-bond donors (Lipinski definition) is 1. The molecule has 3 nitrogen and oxygen atoms in total. The highest BCUT2D eigenvalue weighted by Gasteiger charge is 2.44. The van der Waals surface area contributed by atoms with Crippen LogP contribution >= 0.6 is 45.2 Å². The number of aliphatic hydroxyl groups excluding tert-OH is 1. The van der Waals surface area contributed by atoms with Gasteiger partial charge in [-0.3, -0.25) is 0 Å². The maximum Gasteiger partial charge on any atom is 0.181 e. The molecule has 1 aliphatic rings. The second-order valence-corrected chi connectivity index (χ2v) is 10.3. The number of ether oxygens (including phenoxy) is 2. The average Bonchev–Trinajstić information content (AvgIpc) is 2.45. The van der Waals surface area contributed by atoms with E-state index in [0.717, 1.165) is 0 Å². The fourth-order valence-corrected chi connectivity index (χ4v) is 2.02. The maximum absolute atomic E-state index is 9.70. The number of hydrogen-bond acceptors (Lipinski definition) is 3. The fourth-order valence-electron chi connectivity index (χ4n) is 1.43. The van der Waals surface area contributed by atoms with Crippen LogP contribution in [0.15, 0.2) is 0 Å². The van der Waals surface area contributed by atoms with Crippen LogP contribution in [-0.4, -0.2) is 31.1 Å². The van der Waals surface area contributed by atoms with E-state index >= 15 is 0 Å². The molecular formula is C9H16I2O3. The molecule has 1 saturated heterocycles. The molecule has 14 heavy (non-hydrogen) atoms. The van der Waals surface area contributed by atoms with Gasteiger partial charge in [-0.25, -0.2) is 0 Å². The Morgan fingerprint density at radius 3 is 2.36 bits per heavy atom. The van der Waals surface area contributed by atoms with Crippen molar-refractivity contribution in [1.82, 2.24) is 0 Å². The average molecular weight is 426 g/mol. The molecule has 1 rings (SSSR count). The normalized spacial score (nSPS) is 36.0. The lowest BCUT2D eigenvalue weighted by Gasteiger charge is -2.22. The van der Waals surface area contributed by atoms with Crippen LogP contribution in [0.2, 0.25) is 0 Å². The zero-order chi connectivity index (χ0) is 10.9. The Hall–Kier alpha value is 1.34. The smallest absolute Gasteiger partial charge is 0.181 e. The minimum absolute atomic E-state index is 0.0289. The van der Waals surface area contributed by atoms with Gasteiger partial charge in [0.2, 0.25) is 0 Å². The molecule has 5 heteroatoms. The summed E-state index contributed by atoms with van der Waals surface area (Å²) in [6, 6.07) is 0. The van der Waals surface area contributed by atoms with E-state index in [1.54, 1.807) is 0 Å². The van der Waals surface area contributed by atoms with Gasteiger partial charge in [-0.2, -0.15) is 0 Å². The minimum Gasteiger partial charge on any atom is -0.390 e. The molecule has 1 fully saturated rings. The van der Waals surface area contributed by atoms with E-state index in [0.29, 0.717) is 6.42 Å². The Morgan fingerprint density at radius 2 is 2.00 bits per heavy atom. The molecule has 0 aromatic carbocycles. The molecule has 0 bridgehead atoms. The molecular weight excluding hydrogens is 410 g/mol. The quantitative estimate of drug-likeness (QED) is 0.557. The van der Waals surface area contributed by atoms with Gasteiger partial charge < -0.3 is 14.6 Å². The van der Waals surface area contributed by atoms with Crippen molar-refractivity contribution in [2.45, 2.75) is 53.2 Å². The summed E-state index contributed by atoms with van der Waals surface area (Å²) in [5.74, 6) is 0. The van der Waals surface area contributed by atoms with E-state index in [9.17, 15) is 5.11 Å². The molecule has 0 aliphatic carbocycles. The second kappa shape index (κ2) is 5.11. The first-order valence-electron chi connectivity index (χ1n) is 4.73. The van der Waals surface area contributed by atoms with Gasteiger partial charge in [-0.05, 0) is 20.3 Å². The van der Waals surface area contributed by atoms with E-state index in [1.807, 2.05) is 20.8 Å². The van der Waals surface area contributed by atoms with Gasteiger partial charge in [0, 0.05) is 0 Å². The van der Waals surface area contributed by atoms with Crippen molar-refractivity contribution in [2.75, 3.05) is 0 Å². The van der Waals surface area contributed by atoms with Crippen molar-refractivity contribution in [3.8, 4) is 0 Å². The van der Waals surface area contributed by atoms with Crippen molar-refractivity contribution in [3.05, 3.63) is 0 Å². The van der Waals surface area contributed by atoms with Crippen LogP contribution in [0.5, 0.6) is 0 Å². The van der Waals surface area contributed by atoms with Crippen molar-refractivity contribution in [3.63, 3.8) is 0 Å². The largest absolute Gasteiger partial charge is 0.390 e. The van der Waals surface area contributed by atoms with Crippen molar-refractivity contribution in [1.29, 1.82) is 0 Å². The van der Waals surface area contributed by atoms with E-state index < -0.39 is 6.10 Å². The highest BCUT2D eigenvalue weighted by Crippen LogP contribution is 2.39. The Labute approximate surface area is 112 Å². The van der Waals surface area contributed by atoms with E-state index in [1.165, 1.54) is 0 Å². The Kier molecular flexibility index (Phi) is 4.90. The standard InChI is InChI=1S/C9H16I2O3/c1-4-6(12)7-5(2)13-8(14-7)9(3,10)11/h5-8,12H,4H2,1-3H3. The van der Waals surface area contributed by atoms with Crippen molar-refractivity contribution < 1.29 is 14.6 Å². The summed E-state index contributed by atoms with van der Waals surface area (Å²) >= 11 is 4.58. The molecule has 1 N–H and O–H groups in total. The van der Waals surface area contributed by atoms with Crippen LogP contribution in [0.4, 0.5) is 0 Å². The molecule has 0 spiro atoms. The van der Waals surface area contributed by atoms with Gasteiger partial charge in [0.1, 0.15) is 7.53 Å². The Balaban J connectivity index is 2.60. The summed E-state index contributed by atoms with van der Waals surface area (Å²) in [4.78, 5) is 0. The highest BCUT2D eigenvalue weighted by atomic mass is 127. The van der Waals surface area contributed by atoms with Crippen LogP contribution in [0.1, 0.15) is 27.2 Å². The first-order valence-corrected chi connectivity index (χ1v) is 6.88. The van der Waals surface area contributed by atoms with Crippen LogP contribution < -0.4 is 0 Å². The van der Waals surface area contributed by atoms with Gasteiger partial charge >= 0.3 is 0 Å². The third kappa shape index (κ3) is 3.16. The topological polar surface area (TPSA) is 38.7 Å². The molecule has 1 heterocycles. The molecule has 0 saturated carbocycles. The van der Waals surface area contributed by atoms with Gasteiger partial charge in [0.25, 0.3) is 0 Å².